The predicted molar refractivity (Wildman–Crippen MR) is 106 cm³/mol. The minimum atomic E-state index is -3.88. The van der Waals surface area contributed by atoms with E-state index < -0.39 is 81.3 Å². The summed E-state index contributed by atoms with van der Waals surface area (Å²) in [5.41, 5.74) is -2.04. The first-order valence-electron chi connectivity index (χ1n) is 10.0. The molecule has 2 atom stereocenters. The van der Waals surface area contributed by atoms with E-state index in [1.807, 2.05) is 5.32 Å². The molecule has 2 unspecified atom stereocenters. The average molecular weight is 488 g/mol. The Morgan fingerprint density at radius 1 is 0.941 bits per heavy atom. The third-order valence-electron chi connectivity index (χ3n) is 6.56. The molecule has 1 amide bonds. The number of aromatic hydroxyl groups is 4. The average Bonchev–Trinajstić information content (AvgIpc) is 3.14. The molecule has 4 rings (SSSR count). The first kappa shape index (κ1) is 24.2. The number of hydrogen-bond donors (Lipinski definition) is 12. The summed E-state index contributed by atoms with van der Waals surface area (Å²) in [5.74, 6) is -12.5. The predicted octanol–water partition coefficient (Wildman–Crippen LogP) is -4.27. The van der Waals surface area contributed by atoms with Gasteiger partial charge in [-0.05, 0) is 26.3 Å². The normalized spacial score (nSPS) is 26.5. The van der Waals surface area contributed by atoms with Crippen LogP contribution in [0.1, 0.15) is 29.8 Å². The highest BCUT2D eigenvalue weighted by molar-refractivity contribution is 6.10. The van der Waals surface area contributed by atoms with Crippen molar-refractivity contribution in [1.82, 2.24) is 20.0 Å². The molecule has 188 valence electrons. The van der Waals surface area contributed by atoms with E-state index in [9.17, 15) is 61.0 Å². The van der Waals surface area contributed by atoms with Gasteiger partial charge in [-0.15, -0.1) is 0 Å². The van der Waals surface area contributed by atoms with Crippen molar-refractivity contribution < 1.29 is 61.0 Å². The first-order chi connectivity index (χ1) is 15.5. The van der Waals surface area contributed by atoms with Gasteiger partial charge in [0.25, 0.3) is 5.91 Å². The van der Waals surface area contributed by atoms with Crippen molar-refractivity contribution in [3.05, 3.63) is 5.69 Å². The van der Waals surface area contributed by atoms with Crippen LogP contribution in [0.5, 0.6) is 23.0 Å². The van der Waals surface area contributed by atoms with Crippen molar-refractivity contribution >= 4 is 16.8 Å². The quantitative estimate of drug-likeness (QED) is 0.111. The Kier molecular flexibility index (Phi) is 5.17. The van der Waals surface area contributed by atoms with Gasteiger partial charge in [0.2, 0.25) is 23.1 Å². The highest BCUT2D eigenvalue weighted by Gasteiger charge is 2.64. The highest BCUT2D eigenvalue weighted by atomic mass is 16.7. The second kappa shape index (κ2) is 7.27. The third-order valence-corrected chi connectivity index (χ3v) is 6.56. The van der Waals surface area contributed by atoms with E-state index in [0.29, 0.717) is 6.42 Å². The zero-order valence-electron chi connectivity index (χ0n) is 17.5. The molecule has 34 heavy (non-hydrogen) atoms. The molecule has 2 fully saturated rings. The molecule has 2 aliphatic rings. The minimum Gasteiger partial charge on any atom is -0.504 e. The SMILES string of the molecule is CN1C2CCCC1C(O)(O)C(NC(=O)c1nn(C(O)(O)O)c3c(O)c(O)c(O)c(O)c13)C2(O)O. The smallest absolute Gasteiger partial charge is 0.389 e. The van der Waals surface area contributed by atoms with Gasteiger partial charge in [-0.3, -0.25) is 9.69 Å². The number of benzene rings is 1. The number of fused-ring (bicyclic) bond motifs is 3. The lowest BCUT2D eigenvalue weighted by molar-refractivity contribution is -0.378. The molecule has 16 heteroatoms. The fourth-order valence-corrected chi connectivity index (χ4v) is 4.95. The summed E-state index contributed by atoms with van der Waals surface area (Å²) in [6.07, 6.45) is -2.97. The van der Waals surface area contributed by atoms with Crippen LogP contribution in [-0.4, -0.2) is 114 Å². The molecule has 0 saturated carbocycles. The number of carbonyl (C=O) groups is 1. The van der Waals surface area contributed by atoms with Crippen LogP contribution in [0.4, 0.5) is 0 Å². The van der Waals surface area contributed by atoms with E-state index >= 15 is 0 Å². The van der Waals surface area contributed by atoms with Crippen LogP contribution in [0.3, 0.4) is 0 Å². The second-order valence-corrected chi connectivity index (χ2v) is 8.58. The lowest BCUT2D eigenvalue weighted by atomic mass is 9.73. The van der Waals surface area contributed by atoms with Gasteiger partial charge < -0.3 is 61.5 Å². The number of likely N-dealkylation sites (N-methyl/N-ethyl adjacent to an activating group) is 1. The number of nitrogens with one attached hydrogen (secondary N) is 1. The van der Waals surface area contributed by atoms with Crippen LogP contribution in [0, 0.1) is 0 Å². The number of amides is 1. The molecule has 1 aromatic heterocycles. The van der Waals surface area contributed by atoms with Crippen LogP contribution in [0.15, 0.2) is 0 Å². The lowest BCUT2D eigenvalue weighted by Gasteiger charge is -2.58. The van der Waals surface area contributed by atoms with E-state index in [2.05, 4.69) is 5.10 Å². The fourth-order valence-electron chi connectivity index (χ4n) is 4.95. The highest BCUT2D eigenvalue weighted by Crippen LogP contribution is 2.50. The summed E-state index contributed by atoms with van der Waals surface area (Å²) in [6.45, 7) is 0. The zero-order valence-corrected chi connectivity index (χ0v) is 17.5. The summed E-state index contributed by atoms with van der Waals surface area (Å²) >= 11 is 0. The molecule has 1 aromatic carbocycles. The lowest BCUT2D eigenvalue weighted by Crippen LogP contribution is -2.82. The van der Waals surface area contributed by atoms with E-state index in [1.54, 1.807) is 0 Å². The van der Waals surface area contributed by atoms with Crippen LogP contribution >= 0.6 is 0 Å². The van der Waals surface area contributed by atoms with E-state index in [1.165, 1.54) is 11.9 Å². The van der Waals surface area contributed by atoms with Gasteiger partial charge in [0, 0.05) is 0 Å². The van der Waals surface area contributed by atoms with Crippen LogP contribution in [-0.2, 0) is 6.10 Å². The number of nitrogens with zero attached hydrogens (tertiary/aromatic N) is 3. The zero-order chi connectivity index (χ0) is 25.5. The standard InChI is InChI=1S/C18H24N4O12/c1-21-5-3-2-4-6(21)17(30,31)15(16(5,28)29)19-14(27)8-7-9(22(20-8)18(32,33)34)11(24)13(26)12(25)10(7)23/h5-6,15,23-26,28-34H,2-4H2,1H3,(H,19,27). The molecule has 0 spiro atoms. The largest absolute Gasteiger partial charge is 0.504 e. The molecule has 0 aliphatic carbocycles. The molecule has 2 bridgehead atoms. The minimum absolute atomic E-state index is 0.189. The van der Waals surface area contributed by atoms with Crippen LogP contribution in [0.25, 0.3) is 10.9 Å². The van der Waals surface area contributed by atoms with Gasteiger partial charge >= 0.3 is 6.10 Å². The number of rotatable bonds is 3. The maximum Gasteiger partial charge on any atom is 0.389 e. The van der Waals surface area contributed by atoms with Crippen LogP contribution in [0.2, 0.25) is 0 Å². The monoisotopic (exact) mass is 488 g/mol. The van der Waals surface area contributed by atoms with Crippen molar-refractivity contribution in [1.29, 1.82) is 0 Å². The number of phenolic OH excluding ortho intramolecular Hbond substituents is 4. The van der Waals surface area contributed by atoms with E-state index in [-0.39, 0.29) is 17.5 Å². The Hall–Kier alpha value is -2.96. The Bertz CT molecular complexity index is 1150. The second-order valence-electron chi connectivity index (χ2n) is 8.58. The number of aromatic nitrogens is 2. The van der Waals surface area contributed by atoms with Crippen molar-refractivity contribution in [3.63, 3.8) is 0 Å². The summed E-state index contributed by atoms with van der Waals surface area (Å²) in [7, 11) is 1.45. The summed E-state index contributed by atoms with van der Waals surface area (Å²) < 4.78 is -0.189. The maximum atomic E-state index is 13.1. The molecule has 16 nitrogen and oxygen atoms in total. The fraction of sp³-hybridized carbons (Fsp3) is 0.556. The Balaban J connectivity index is 1.86. The number of carbonyl (C=O) groups excluding carboxylic acids is 1. The first-order valence-corrected chi connectivity index (χ1v) is 10.0. The van der Waals surface area contributed by atoms with Crippen LogP contribution < -0.4 is 5.32 Å². The van der Waals surface area contributed by atoms with Crippen molar-refractivity contribution in [2.24, 2.45) is 0 Å². The molecule has 0 radical (unpaired) electrons. The Morgan fingerprint density at radius 2 is 1.44 bits per heavy atom. The molecule has 2 aliphatic heterocycles. The number of piperidine rings is 2. The van der Waals surface area contributed by atoms with Gasteiger partial charge in [-0.1, -0.05) is 0 Å². The molecule has 3 heterocycles. The summed E-state index contributed by atoms with van der Waals surface area (Å²) in [5, 5.41) is 116. The van der Waals surface area contributed by atoms with Crippen molar-refractivity contribution in [3.8, 4) is 23.0 Å². The van der Waals surface area contributed by atoms with Crippen molar-refractivity contribution in [2.75, 3.05) is 7.05 Å². The number of aliphatic hydroxyl groups is 7. The molecular weight excluding hydrogens is 464 g/mol. The molecule has 2 aromatic rings. The maximum absolute atomic E-state index is 13.1. The summed E-state index contributed by atoms with van der Waals surface area (Å²) in [4.78, 5) is 14.4. The Labute approximate surface area is 189 Å². The van der Waals surface area contributed by atoms with Gasteiger partial charge in [0.05, 0.1) is 17.5 Å². The molecule has 12 N–H and O–H groups in total. The third kappa shape index (κ3) is 3.16. The van der Waals surface area contributed by atoms with Gasteiger partial charge in [0.15, 0.2) is 17.2 Å². The van der Waals surface area contributed by atoms with Crippen molar-refractivity contribution in [2.45, 2.75) is 55.1 Å². The van der Waals surface area contributed by atoms with E-state index in [0.717, 1.165) is 0 Å². The number of phenols is 4. The number of hydrogen-bond acceptors (Lipinski definition) is 14. The van der Waals surface area contributed by atoms with Gasteiger partial charge in [0.1, 0.15) is 11.6 Å². The summed E-state index contributed by atoms with van der Waals surface area (Å²) in [6, 6.07) is -4.18. The van der Waals surface area contributed by atoms with Gasteiger partial charge in [-0.25, -0.2) is 0 Å². The van der Waals surface area contributed by atoms with E-state index in [4.69, 9.17) is 0 Å². The van der Waals surface area contributed by atoms with Gasteiger partial charge in [-0.2, -0.15) is 9.78 Å². The topological polar surface area (TPSA) is 273 Å². The molecule has 2 saturated heterocycles. The molecular formula is C18H24N4O12. The Morgan fingerprint density at radius 3 is 1.94 bits per heavy atom.